The van der Waals surface area contributed by atoms with Crippen molar-refractivity contribution in [3.63, 3.8) is 0 Å². The normalized spacial score (nSPS) is 22.5. The average molecular weight is 336 g/mol. The van der Waals surface area contributed by atoms with Crippen molar-refractivity contribution in [1.82, 2.24) is 20.2 Å². The number of likely N-dealkylation sites (N-methyl/N-ethyl adjacent to an activating group) is 1. The number of halogens is 1. The number of hydrogen-bond donors (Lipinski definition) is 2. The number of ether oxygens (including phenoxy) is 1. The van der Waals surface area contributed by atoms with Crippen LogP contribution in [0.4, 0.5) is 4.39 Å². The highest BCUT2D eigenvalue weighted by atomic mass is 19.1. The monoisotopic (exact) mass is 336 g/mol. The number of hydrogen-bond acceptors (Lipinski definition) is 4. The Kier molecular flexibility index (Phi) is 5.49. The Morgan fingerprint density at radius 3 is 2.58 bits per heavy atom. The van der Waals surface area contributed by atoms with E-state index < -0.39 is 0 Å². The largest absolute Gasteiger partial charge is 0.383 e. The zero-order chi connectivity index (χ0) is 16.9. The summed E-state index contributed by atoms with van der Waals surface area (Å²) < 4.78 is 20.3. The van der Waals surface area contributed by atoms with E-state index in [0.29, 0.717) is 13.2 Å². The number of nitrogens with zero attached hydrogens (tertiary/aromatic N) is 4. The third kappa shape index (κ3) is 3.77. The molecule has 0 unspecified atom stereocenters. The maximum absolute atomic E-state index is 13.4. The third-order valence-electron chi connectivity index (χ3n) is 4.68. The molecule has 1 saturated heterocycles. The van der Waals surface area contributed by atoms with Gasteiger partial charge in [-0.1, -0.05) is 0 Å². The molecule has 0 aliphatic carbocycles. The van der Waals surface area contributed by atoms with E-state index in [1.807, 2.05) is 12.1 Å². The first-order chi connectivity index (χ1) is 11.7. The Balaban J connectivity index is 1.92. The van der Waals surface area contributed by atoms with Crippen LogP contribution >= 0.6 is 0 Å². The number of quaternary nitrogens is 2. The minimum atomic E-state index is -0.228. The van der Waals surface area contributed by atoms with Crippen molar-refractivity contribution in [3.8, 4) is 0 Å². The molecule has 1 atom stereocenters. The second kappa shape index (κ2) is 7.78. The summed E-state index contributed by atoms with van der Waals surface area (Å²) in [7, 11) is 3.88. The van der Waals surface area contributed by atoms with Crippen LogP contribution in [0.15, 0.2) is 24.3 Å². The minimum Gasteiger partial charge on any atom is -0.383 e. The molecule has 1 aromatic heterocycles. The van der Waals surface area contributed by atoms with Gasteiger partial charge in [0.1, 0.15) is 32.0 Å². The highest BCUT2D eigenvalue weighted by Gasteiger charge is 2.34. The first kappa shape index (κ1) is 16.9. The molecule has 2 N–H and O–H groups in total. The second-order valence-corrected chi connectivity index (χ2v) is 6.35. The number of rotatable bonds is 6. The van der Waals surface area contributed by atoms with Crippen molar-refractivity contribution in [1.29, 1.82) is 0 Å². The van der Waals surface area contributed by atoms with Gasteiger partial charge in [0.25, 0.3) is 0 Å². The molecule has 0 saturated carbocycles. The molecule has 0 amide bonds. The van der Waals surface area contributed by atoms with Crippen molar-refractivity contribution in [2.24, 2.45) is 0 Å². The fourth-order valence-corrected chi connectivity index (χ4v) is 3.26. The van der Waals surface area contributed by atoms with Gasteiger partial charge in [0.2, 0.25) is 5.82 Å². The lowest BCUT2D eigenvalue weighted by Crippen LogP contribution is -3.27. The zero-order valence-corrected chi connectivity index (χ0v) is 14.2. The Bertz CT molecular complexity index is 638. The lowest BCUT2D eigenvalue weighted by Gasteiger charge is -2.32. The molecular formula is C16H25FN6O+2. The van der Waals surface area contributed by atoms with E-state index in [1.165, 1.54) is 21.9 Å². The lowest BCUT2D eigenvalue weighted by molar-refractivity contribution is -1.02. The van der Waals surface area contributed by atoms with Gasteiger partial charge in [-0.3, -0.25) is 0 Å². The highest BCUT2D eigenvalue weighted by Crippen LogP contribution is 2.17. The predicted molar refractivity (Wildman–Crippen MR) is 85.3 cm³/mol. The molecule has 130 valence electrons. The van der Waals surface area contributed by atoms with Crippen LogP contribution in [0.1, 0.15) is 17.4 Å². The molecule has 24 heavy (non-hydrogen) atoms. The van der Waals surface area contributed by atoms with Crippen LogP contribution in [0.3, 0.4) is 0 Å². The number of tetrazole rings is 1. The molecule has 7 nitrogen and oxygen atoms in total. The number of methoxy groups -OCH3 is 1. The highest BCUT2D eigenvalue weighted by molar-refractivity contribution is 5.23. The van der Waals surface area contributed by atoms with Gasteiger partial charge < -0.3 is 14.5 Å². The van der Waals surface area contributed by atoms with Crippen LogP contribution in [-0.2, 0) is 11.3 Å². The summed E-state index contributed by atoms with van der Waals surface area (Å²) >= 11 is 0. The van der Waals surface area contributed by atoms with Gasteiger partial charge in [-0.2, -0.15) is 0 Å². The number of aromatic nitrogens is 4. The van der Waals surface area contributed by atoms with Crippen molar-refractivity contribution < 1.29 is 18.9 Å². The quantitative estimate of drug-likeness (QED) is 0.638. The molecule has 0 bridgehead atoms. The summed E-state index contributed by atoms with van der Waals surface area (Å²) in [6.07, 6.45) is 0. The molecule has 1 aliphatic rings. The van der Waals surface area contributed by atoms with E-state index in [4.69, 9.17) is 4.74 Å². The van der Waals surface area contributed by atoms with Crippen LogP contribution < -0.4 is 9.80 Å². The number of nitrogens with one attached hydrogen (secondary N) is 2. The van der Waals surface area contributed by atoms with Gasteiger partial charge in [0.05, 0.1) is 20.2 Å². The molecule has 8 heteroatoms. The molecule has 3 rings (SSSR count). The molecule has 0 radical (unpaired) electrons. The molecule has 2 aromatic rings. The first-order valence-electron chi connectivity index (χ1n) is 8.35. The summed E-state index contributed by atoms with van der Waals surface area (Å²) in [5, 5.41) is 12.3. The van der Waals surface area contributed by atoms with E-state index in [1.54, 1.807) is 11.8 Å². The van der Waals surface area contributed by atoms with Crippen LogP contribution in [0.2, 0.25) is 0 Å². The Morgan fingerprint density at radius 2 is 1.92 bits per heavy atom. The Hall–Kier alpha value is -1.90. The zero-order valence-electron chi connectivity index (χ0n) is 14.2. The van der Waals surface area contributed by atoms with Gasteiger partial charge >= 0.3 is 0 Å². The molecule has 0 spiro atoms. The SMILES string of the molecule is COCCn1nnnc1[C@@H](c1ccc(F)cc1)[NH+]1CC[NH+](C)CC1. The van der Waals surface area contributed by atoms with Crippen molar-refractivity contribution >= 4 is 0 Å². The van der Waals surface area contributed by atoms with Gasteiger partial charge in [-0.25, -0.2) is 9.07 Å². The Labute approximate surface area is 141 Å². The summed E-state index contributed by atoms with van der Waals surface area (Å²) in [4.78, 5) is 2.95. The topological polar surface area (TPSA) is 61.7 Å². The third-order valence-corrected chi connectivity index (χ3v) is 4.68. The van der Waals surface area contributed by atoms with Gasteiger partial charge in [-0.05, 0) is 34.7 Å². The van der Waals surface area contributed by atoms with E-state index in [0.717, 1.165) is 37.6 Å². The molecule has 2 heterocycles. The van der Waals surface area contributed by atoms with Crippen LogP contribution in [-0.4, -0.2) is 67.2 Å². The fraction of sp³-hybridized carbons (Fsp3) is 0.562. The summed E-state index contributed by atoms with van der Waals surface area (Å²) in [6, 6.07) is 6.70. The average Bonchev–Trinajstić information content (AvgIpc) is 3.05. The standard InChI is InChI=1S/C16H23FN6O/c1-21-7-9-22(10-8-21)15(13-3-5-14(17)6-4-13)16-18-19-20-23(16)11-12-24-2/h3-6,15H,7-12H2,1-2H3/p+2/t15-/m1/s1. The summed E-state index contributed by atoms with van der Waals surface area (Å²) in [6.45, 7) is 5.43. The Morgan fingerprint density at radius 1 is 1.21 bits per heavy atom. The molecule has 1 aromatic carbocycles. The van der Waals surface area contributed by atoms with Crippen LogP contribution in [0.5, 0.6) is 0 Å². The van der Waals surface area contributed by atoms with Crippen molar-refractivity contribution in [3.05, 3.63) is 41.5 Å². The summed E-state index contributed by atoms with van der Waals surface area (Å²) in [5.74, 6) is 0.586. The molecule has 1 fully saturated rings. The maximum Gasteiger partial charge on any atom is 0.214 e. The number of piperazine rings is 1. The van der Waals surface area contributed by atoms with Crippen LogP contribution in [0, 0.1) is 5.82 Å². The molecule has 1 aliphatic heterocycles. The summed E-state index contributed by atoms with van der Waals surface area (Å²) in [5.41, 5.74) is 1.04. The number of benzene rings is 1. The second-order valence-electron chi connectivity index (χ2n) is 6.35. The van der Waals surface area contributed by atoms with E-state index >= 15 is 0 Å². The lowest BCUT2D eigenvalue weighted by atomic mass is 10.0. The maximum atomic E-state index is 13.4. The molecular weight excluding hydrogens is 311 g/mol. The van der Waals surface area contributed by atoms with E-state index in [2.05, 4.69) is 22.6 Å². The van der Waals surface area contributed by atoms with Gasteiger partial charge in [0.15, 0.2) is 6.04 Å². The van der Waals surface area contributed by atoms with Crippen LogP contribution in [0.25, 0.3) is 0 Å². The van der Waals surface area contributed by atoms with Crippen molar-refractivity contribution in [2.75, 3.05) is 46.9 Å². The predicted octanol–water partition coefficient (Wildman–Crippen LogP) is -2.04. The van der Waals surface area contributed by atoms with E-state index in [9.17, 15) is 4.39 Å². The smallest absolute Gasteiger partial charge is 0.214 e. The van der Waals surface area contributed by atoms with E-state index in [-0.39, 0.29) is 11.9 Å². The van der Waals surface area contributed by atoms with Gasteiger partial charge in [0, 0.05) is 12.7 Å². The van der Waals surface area contributed by atoms with Crippen molar-refractivity contribution in [2.45, 2.75) is 12.6 Å². The van der Waals surface area contributed by atoms with Gasteiger partial charge in [-0.15, -0.1) is 5.10 Å². The fourth-order valence-electron chi connectivity index (χ4n) is 3.26. The first-order valence-corrected chi connectivity index (χ1v) is 8.35. The minimum absolute atomic E-state index is 0.00514.